The van der Waals surface area contributed by atoms with Crippen LogP contribution >= 0.6 is 11.6 Å². The molecule has 1 atom stereocenters. The second-order valence-corrected chi connectivity index (χ2v) is 4.75. The fourth-order valence-electron chi connectivity index (χ4n) is 1.58. The van der Waals surface area contributed by atoms with E-state index in [1.165, 1.54) is 0 Å². The molecule has 0 aliphatic heterocycles. The SMILES string of the molecule is C=CCNC(=O)COc1ccc(Cl)cc1CC(C)N. The fraction of sp³-hybridized carbons (Fsp3) is 0.357. The van der Waals surface area contributed by atoms with Gasteiger partial charge in [0.05, 0.1) is 0 Å². The van der Waals surface area contributed by atoms with E-state index in [9.17, 15) is 4.79 Å². The van der Waals surface area contributed by atoms with Gasteiger partial charge in [-0.3, -0.25) is 4.79 Å². The smallest absolute Gasteiger partial charge is 0.258 e. The Kier molecular flexibility index (Phi) is 6.39. The molecule has 3 N–H and O–H groups in total. The van der Waals surface area contributed by atoms with Gasteiger partial charge in [0.15, 0.2) is 6.61 Å². The van der Waals surface area contributed by atoms with Crippen LogP contribution in [0, 0.1) is 0 Å². The predicted octanol–water partition coefficient (Wildman–Crippen LogP) is 1.91. The number of benzene rings is 1. The highest BCUT2D eigenvalue weighted by molar-refractivity contribution is 6.30. The van der Waals surface area contributed by atoms with Gasteiger partial charge in [-0.2, -0.15) is 0 Å². The summed E-state index contributed by atoms with van der Waals surface area (Å²) in [5.41, 5.74) is 6.68. The second-order valence-electron chi connectivity index (χ2n) is 4.31. The minimum Gasteiger partial charge on any atom is -0.483 e. The zero-order valence-electron chi connectivity index (χ0n) is 11.0. The van der Waals surface area contributed by atoms with Crippen LogP contribution in [0.4, 0.5) is 0 Å². The first kappa shape index (κ1) is 15.5. The van der Waals surface area contributed by atoms with Gasteiger partial charge >= 0.3 is 0 Å². The average Bonchev–Trinajstić information content (AvgIpc) is 2.34. The number of carbonyl (C=O) groups is 1. The summed E-state index contributed by atoms with van der Waals surface area (Å²) in [6.45, 7) is 5.81. The molecule has 5 heteroatoms. The minimum atomic E-state index is -0.193. The lowest BCUT2D eigenvalue weighted by atomic mass is 10.1. The summed E-state index contributed by atoms with van der Waals surface area (Å²) < 4.78 is 5.49. The van der Waals surface area contributed by atoms with Gasteiger partial charge in [-0.1, -0.05) is 17.7 Å². The van der Waals surface area contributed by atoms with E-state index in [1.807, 2.05) is 13.0 Å². The Labute approximate surface area is 118 Å². The summed E-state index contributed by atoms with van der Waals surface area (Å²) >= 11 is 5.94. The molecule has 1 amide bonds. The maximum atomic E-state index is 11.4. The van der Waals surface area contributed by atoms with Crippen LogP contribution < -0.4 is 15.8 Å². The van der Waals surface area contributed by atoms with Crippen molar-refractivity contribution < 1.29 is 9.53 Å². The van der Waals surface area contributed by atoms with Crippen LogP contribution in [-0.2, 0) is 11.2 Å². The van der Waals surface area contributed by atoms with Crippen molar-refractivity contribution >= 4 is 17.5 Å². The fourth-order valence-corrected chi connectivity index (χ4v) is 1.77. The second kappa shape index (κ2) is 7.81. The van der Waals surface area contributed by atoms with Gasteiger partial charge in [0.1, 0.15) is 5.75 Å². The molecule has 19 heavy (non-hydrogen) atoms. The first-order valence-corrected chi connectivity index (χ1v) is 6.45. The van der Waals surface area contributed by atoms with Gasteiger partial charge in [0, 0.05) is 17.6 Å². The molecule has 0 saturated carbocycles. The number of amides is 1. The van der Waals surface area contributed by atoms with Crippen molar-refractivity contribution in [1.82, 2.24) is 5.32 Å². The highest BCUT2D eigenvalue weighted by Gasteiger charge is 2.09. The van der Waals surface area contributed by atoms with Crippen molar-refractivity contribution in [3.63, 3.8) is 0 Å². The Bertz CT molecular complexity index is 447. The van der Waals surface area contributed by atoms with Gasteiger partial charge in [0.2, 0.25) is 0 Å². The quantitative estimate of drug-likeness (QED) is 0.751. The standard InChI is InChI=1S/C14H19ClN2O2/c1-3-6-17-14(18)9-19-13-5-4-12(15)8-11(13)7-10(2)16/h3-5,8,10H,1,6-7,9,16H2,2H3,(H,17,18). The van der Waals surface area contributed by atoms with Crippen molar-refractivity contribution in [3.8, 4) is 5.75 Å². The van der Waals surface area contributed by atoms with Crippen molar-refractivity contribution in [2.24, 2.45) is 5.73 Å². The molecule has 104 valence electrons. The molecule has 4 nitrogen and oxygen atoms in total. The molecule has 0 heterocycles. The number of ether oxygens (including phenoxy) is 1. The number of nitrogens with two attached hydrogens (primary N) is 1. The van der Waals surface area contributed by atoms with Gasteiger partial charge in [-0.15, -0.1) is 6.58 Å². The molecule has 0 fully saturated rings. The molecule has 0 aliphatic carbocycles. The Morgan fingerprint density at radius 1 is 1.63 bits per heavy atom. The van der Waals surface area contributed by atoms with Crippen LogP contribution in [-0.4, -0.2) is 25.1 Å². The largest absolute Gasteiger partial charge is 0.483 e. The number of nitrogens with one attached hydrogen (secondary N) is 1. The first-order chi connectivity index (χ1) is 9.02. The summed E-state index contributed by atoms with van der Waals surface area (Å²) in [5.74, 6) is 0.442. The van der Waals surface area contributed by atoms with Gasteiger partial charge in [0.25, 0.3) is 5.91 Å². The van der Waals surface area contributed by atoms with E-state index >= 15 is 0 Å². The number of halogens is 1. The van der Waals surface area contributed by atoms with Gasteiger partial charge < -0.3 is 15.8 Å². The summed E-state index contributed by atoms with van der Waals surface area (Å²) in [6.07, 6.45) is 2.26. The molecule has 1 rings (SSSR count). The Morgan fingerprint density at radius 2 is 2.37 bits per heavy atom. The van der Waals surface area contributed by atoms with E-state index < -0.39 is 0 Å². The summed E-state index contributed by atoms with van der Waals surface area (Å²) in [7, 11) is 0. The first-order valence-electron chi connectivity index (χ1n) is 6.07. The molecule has 0 aliphatic rings. The van der Waals surface area contributed by atoms with E-state index in [-0.39, 0.29) is 18.6 Å². The van der Waals surface area contributed by atoms with Crippen molar-refractivity contribution in [1.29, 1.82) is 0 Å². The molecular formula is C14H19ClN2O2. The maximum Gasteiger partial charge on any atom is 0.258 e. The van der Waals surface area contributed by atoms with Crippen molar-refractivity contribution in [2.45, 2.75) is 19.4 Å². The molecule has 0 saturated heterocycles. The number of hydrogen-bond donors (Lipinski definition) is 2. The number of rotatable bonds is 7. The topological polar surface area (TPSA) is 64.3 Å². The minimum absolute atomic E-state index is 0.00425. The van der Waals surface area contributed by atoms with Crippen LogP contribution in [0.15, 0.2) is 30.9 Å². The van der Waals surface area contributed by atoms with Crippen LogP contribution in [0.25, 0.3) is 0 Å². The van der Waals surface area contributed by atoms with Crippen LogP contribution in [0.1, 0.15) is 12.5 Å². The Hall–Kier alpha value is -1.52. The molecule has 0 spiro atoms. The molecule has 0 bridgehead atoms. The third-order valence-corrected chi connectivity index (χ3v) is 2.60. The van der Waals surface area contributed by atoms with Crippen molar-refractivity contribution in [3.05, 3.63) is 41.4 Å². The molecular weight excluding hydrogens is 264 g/mol. The predicted molar refractivity (Wildman–Crippen MR) is 77.5 cm³/mol. The van der Waals surface area contributed by atoms with Gasteiger partial charge in [-0.05, 0) is 37.1 Å². The highest BCUT2D eigenvalue weighted by Crippen LogP contribution is 2.24. The summed E-state index contributed by atoms with van der Waals surface area (Å²) in [5, 5.41) is 3.27. The zero-order chi connectivity index (χ0) is 14.3. The van der Waals surface area contributed by atoms with Crippen LogP contribution in [0.2, 0.25) is 5.02 Å². The lowest BCUT2D eigenvalue weighted by Gasteiger charge is -2.13. The van der Waals surface area contributed by atoms with E-state index in [0.29, 0.717) is 23.7 Å². The lowest BCUT2D eigenvalue weighted by molar-refractivity contribution is -0.122. The molecule has 0 aromatic heterocycles. The van der Waals surface area contributed by atoms with Crippen LogP contribution in [0.5, 0.6) is 5.75 Å². The van der Waals surface area contributed by atoms with Gasteiger partial charge in [-0.25, -0.2) is 0 Å². The van der Waals surface area contributed by atoms with E-state index in [2.05, 4.69) is 11.9 Å². The maximum absolute atomic E-state index is 11.4. The summed E-state index contributed by atoms with van der Waals surface area (Å²) in [4.78, 5) is 11.4. The zero-order valence-corrected chi connectivity index (χ0v) is 11.7. The van der Waals surface area contributed by atoms with Crippen molar-refractivity contribution in [2.75, 3.05) is 13.2 Å². The molecule has 1 aromatic carbocycles. The van der Waals surface area contributed by atoms with E-state index in [0.717, 1.165) is 5.56 Å². The summed E-state index contributed by atoms with van der Waals surface area (Å²) in [6, 6.07) is 5.28. The normalized spacial score (nSPS) is 11.7. The lowest BCUT2D eigenvalue weighted by Crippen LogP contribution is -2.29. The number of hydrogen-bond acceptors (Lipinski definition) is 3. The van der Waals surface area contributed by atoms with E-state index in [1.54, 1.807) is 18.2 Å². The Balaban J connectivity index is 2.66. The third-order valence-electron chi connectivity index (χ3n) is 2.37. The third kappa shape index (κ3) is 5.77. The average molecular weight is 283 g/mol. The number of carbonyl (C=O) groups excluding carboxylic acids is 1. The molecule has 1 aromatic rings. The molecule has 0 radical (unpaired) electrons. The Morgan fingerprint density at radius 3 is 3.00 bits per heavy atom. The highest BCUT2D eigenvalue weighted by atomic mass is 35.5. The monoisotopic (exact) mass is 282 g/mol. The van der Waals surface area contributed by atoms with E-state index in [4.69, 9.17) is 22.1 Å². The molecule has 1 unspecified atom stereocenters. The van der Waals surface area contributed by atoms with Crippen LogP contribution in [0.3, 0.4) is 0 Å².